The summed E-state index contributed by atoms with van der Waals surface area (Å²) in [7, 11) is 3.32. The highest BCUT2D eigenvalue weighted by Crippen LogP contribution is 2.38. The third kappa shape index (κ3) is 4.47. The van der Waals surface area contributed by atoms with Crippen molar-refractivity contribution in [2.75, 3.05) is 27.3 Å². The van der Waals surface area contributed by atoms with Gasteiger partial charge in [0.15, 0.2) is 11.5 Å². The van der Waals surface area contributed by atoms with E-state index in [1.54, 1.807) is 14.2 Å². The number of aryl methyl sites for hydroxylation is 1. The number of hydrogen-bond donors (Lipinski definition) is 1. The highest BCUT2D eigenvalue weighted by molar-refractivity contribution is 5.75. The predicted molar refractivity (Wildman–Crippen MR) is 111 cm³/mol. The summed E-state index contributed by atoms with van der Waals surface area (Å²) in [6, 6.07) is 12.9. The molecule has 0 radical (unpaired) electrons. The topological polar surface area (TPSA) is 50.8 Å². The van der Waals surface area contributed by atoms with Crippen molar-refractivity contribution in [1.29, 1.82) is 0 Å². The monoisotopic (exact) mass is 382 g/mol. The second-order valence-electron chi connectivity index (χ2n) is 7.29. The molecule has 3 rings (SSSR count). The number of fused-ring (bicyclic) bond motifs is 1. The summed E-state index contributed by atoms with van der Waals surface area (Å²) in [4.78, 5) is 14.4. The molecule has 1 aliphatic rings. The molecule has 150 valence electrons. The second-order valence-corrected chi connectivity index (χ2v) is 7.29. The molecule has 0 bridgehead atoms. The minimum absolute atomic E-state index is 0.0723. The van der Waals surface area contributed by atoms with E-state index in [4.69, 9.17) is 9.47 Å². The van der Waals surface area contributed by atoms with Crippen molar-refractivity contribution in [2.24, 2.45) is 0 Å². The molecule has 1 atom stereocenters. The van der Waals surface area contributed by atoms with Gasteiger partial charge < -0.3 is 14.8 Å². The van der Waals surface area contributed by atoms with Gasteiger partial charge in [-0.3, -0.25) is 9.69 Å². The number of amides is 1. The molecule has 1 unspecified atom stereocenters. The third-order valence-electron chi connectivity index (χ3n) is 5.40. The van der Waals surface area contributed by atoms with Crippen molar-refractivity contribution in [1.82, 2.24) is 10.2 Å². The molecule has 0 saturated carbocycles. The Labute approximate surface area is 167 Å². The summed E-state index contributed by atoms with van der Waals surface area (Å²) in [6.45, 7) is 6.36. The lowest BCUT2D eigenvalue weighted by Crippen LogP contribution is -2.41. The van der Waals surface area contributed by atoms with Gasteiger partial charge in [-0.1, -0.05) is 36.8 Å². The van der Waals surface area contributed by atoms with Crippen LogP contribution in [0.2, 0.25) is 0 Å². The highest BCUT2D eigenvalue weighted by Gasteiger charge is 2.29. The predicted octanol–water partition coefficient (Wildman–Crippen LogP) is 3.64. The smallest absolute Gasteiger partial charge is 0.219 e. The number of nitrogens with zero attached hydrogens (tertiary/aromatic N) is 1. The molecule has 1 aliphatic heterocycles. The van der Waals surface area contributed by atoms with Gasteiger partial charge in [-0.25, -0.2) is 0 Å². The largest absolute Gasteiger partial charge is 0.493 e. The van der Waals surface area contributed by atoms with E-state index in [1.807, 2.05) is 6.92 Å². The zero-order chi connectivity index (χ0) is 20.1. The molecule has 2 aromatic rings. The minimum atomic E-state index is 0.0723. The number of carbonyl (C=O) groups is 1. The molecular weight excluding hydrogens is 352 g/mol. The Hall–Kier alpha value is -2.53. The van der Waals surface area contributed by atoms with Crippen molar-refractivity contribution in [3.05, 3.63) is 58.7 Å². The van der Waals surface area contributed by atoms with Crippen LogP contribution in [-0.4, -0.2) is 38.1 Å². The first-order chi connectivity index (χ1) is 13.5. The Kier molecular flexibility index (Phi) is 6.57. The molecule has 1 amide bonds. The lowest BCUT2D eigenvalue weighted by Gasteiger charge is -2.38. The van der Waals surface area contributed by atoms with Crippen molar-refractivity contribution >= 4 is 5.91 Å². The Bertz CT molecular complexity index is 835. The van der Waals surface area contributed by atoms with Crippen molar-refractivity contribution in [2.45, 2.75) is 39.3 Å². The highest BCUT2D eigenvalue weighted by atomic mass is 16.5. The second kappa shape index (κ2) is 9.11. The quantitative estimate of drug-likeness (QED) is 0.794. The van der Waals surface area contributed by atoms with Crippen LogP contribution in [0.4, 0.5) is 0 Å². The first-order valence-electron chi connectivity index (χ1n) is 9.86. The van der Waals surface area contributed by atoms with Gasteiger partial charge in [-0.15, -0.1) is 0 Å². The molecule has 5 heteroatoms. The van der Waals surface area contributed by atoms with E-state index < -0.39 is 0 Å². The van der Waals surface area contributed by atoms with Crippen LogP contribution in [0.3, 0.4) is 0 Å². The summed E-state index contributed by atoms with van der Waals surface area (Å²) in [5, 5.41) is 3.08. The van der Waals surface area contributed by atoms with Crippen molar-refractivity contribution in [3.8, 4) is 11.5 Å². The standard InChI is InChI=1S/C23H30N2O3/c1-5-23(26)24-14-20-19-13-22(28-4)21(27-3)12-18(19)9-10-25(20)15-17-8-6-7-16(2)11-17/h6-8,11-13,20H,5,9-10,14-15H2,1-4H3,(H,24,26). The van der Waals surface area contributed by atoms with Crippen molar-refractivity contribution < 1.29 is 14.3 Å². The van der Waals surface area contributed by atoms with Crippen LogP contribution in [0.25, 0.3) is 0 Å². The van der Waals surface area contributed by atoms with E-state index in [0.717, 1.165) is 31.0 Å². The maximum atomic E-state index is 11.9. The molecular formula is C23H30N2O3. The Morgan fingerprint density at radius 2 is 1.93 bits per heavy atom. The third-order valence-corrected chi connectivity index (χ3v) is 5.40. The van der Waals surface area contributed by atoms with Crippen LogP contribution in [0.5, 0.6) is 11.5 Å². The fourth-order valence-electron chi connectivity index (χ4n) is 3.89. The van der Waals surface area contributed by atoms with E-state index in [2.05, 4.69) is 53.5 Å². The lowest BCUT2D eigenvalue weighted by atomic mass is 9.91. The molecule has 5 nitrogen and oxygen atoms in total. The Morgan fingerprint density at radius 3 is 2.61 bits per heavy atom. The molecule has 0 saturated heterocycles. The molecule has 0 spiro atoms. The Morgan fingerprint density at radius 1 is 1.18 bits per heavy atom. The number of hydrogen-bond acceptors (Lipinski definition) is 4. The van der Waals surface area contributed by atoms with Crippen LogP contribution in [0.1, 0.15) is 41.6 Å². The van der Waals surface area contributed by atoms with Crippen LogP contribution in [0, 0.1) is 6.92 Å². The van der Waals surface area contributed by atoms with Gasteiger partial charge in [0, 0.05) is 26.1 Å². The molecule has 0 fully saturated rings. The summed E-state index contributed by atoms with van der Waals surface area (Å²) in [5.41, 5.74) is 5.01. The number of carbonyl (C=O) groups excluding carboxylic acids is 1. The SMILES string of the molecule is CCC(=O)NCC1c2cc(OC)c(OC)cc2CCN1Cc1cccc(C)c1. The summed E-state index contributed by atoms with van der Waals surface area (Å²) in [6.07, 6.45) is 1.43. The van der Waals surface area contributed by atoms with Crippen LogP contribution in [-0.2, 0) is 17.8 Å². The van der Waals surface area contributed by atoms with Gasteiger partial charge in [-0.2, -0.15) is 0 Å². The maximum Gasteiger partial charge on any atom is 0.219 e. The fraction of sp³-hybridized carbons (Fsp3) is 0.435. The lowest BCUT2D eigenvalue weighted by molar-refractivity contribution is -0.121. The van der Waals surface area contributed by atoms with Gasteiger partial charge in [-0.05, 0) is 42.2 Å². The number of nitrogens with one attached hydrogen (secondary N) is 1. The molecule has 1 N–H and O–H groups in total. The summed E-state index contributed by atoms with van der Waals surface area (Å²) in [5.74, 6) is 1.55. The number of rotatable bonds is 7. The minimum Gasteiger partial charge on any atom is -0.493 e. The zero-order valence-corrected chi connectivity index (χ0v) is 17.2. The normalized spacial score (nSPS) is 16.4. The van der Waals surface area contributed by atoms with E-state index in [-0.39, 0.29) is 11.9 Å². The fourth-order valence-corrected chi connectivity index (χ4v) is 3.89. The number of benzene rings is 2. The molecule has 28 heavy (non-hydrogen) atoms. The molecule has 2 aromatic carbocycles. The summed E-state index contributed by atoms with van der Waals surface area (Å²) < 4.78 is 11.0. The van der Waals surface area contributed by atoms with Gasteiger partial charge in [0.1, 0.15) is 0 Å². The molecule has 0 aliphatic carbocycles. The number of ether oxygens (including phenoxy) is 2. The first kappa shape index (κ1) is 20.2. The maximum absolute atomic E-state index is 11.9. The van der Waals surface area contributed by atoms with Gasteiger partial charge in [0.25, 0.3) is 0 Å². The van der Waals surface area contributed by atoms with E-state index >= 15 is 0 Å². The van der Waals surface area contributed by atoms with E-state index in [9.17, 15) is 4.79 Å². The number of methoxy groups -OCH3 is 2. The van der Waals surface area contributed by atoms with Gasteiger partial charge in [0.05, 0.1) is 20.3 Å². The van der Waals surface area contributed by atoms with Crippen LogP contribution >= 0.6 is 0 Å². The van der Waals surface area contributed by atoms with Crippen LogP contribution < -0.4 is 14.8 Å². The van der Waals surface area contributed by atoms with Crippen LogP contribution in [0.15, 0.2) is 36.4 Å². The van der Waals surface area contributed by atoms with Gasteiger partial charge >= 0.3 is 0 Å². The Balaban J connectivity index is 1.93. The van der Waals surface area contributed by atoms with E-state index in [1.165, 1.54) is 22.3 Å². The van der Waals surface area contributed by atoms with Crippen molar-refractivity contribution in [3.63, 3.8) is 0 Å². The van der Waals surface area contributed by atoms with Gasteiger partial charge in [0.2, 0.25) is 5.91 Å². The van der Waals surface area contributed by atoms with E-state index in [0.29, 0.717) is 13.0 Å². The average Bonchev–Trinajstić information content (AvgIpc) is 2.71. The molecule has 0 aromatic heterocycles. The average molecular weight is 383 g/mol. The molecule has 1 heterocycles. The first-order valence-corrected chi connectivity index (χ1v) is 9.86. The summed E-state index contributed by atoms with van der Waals surface area (Å²) >= 11 is 0. The zero-order valence-electron chi connectivity index (χ0n) is 17.2.